The number of nitrogens with two attached hydrogens (primary N) is 1. The normalized spacial score (nSPS) is 23.4. The van der Waals surface area contributed by atoms with Gasteiger partial charge in [0.1, 0.15) is 0 Å². The minimum absolute atomic E-state index is 0.0289. The van der Waals surface area contributed by atoms with Crippen LogP contribution in [0.1, 0.15) is 25.3 Å². The minimum atomic E-state index is -0.178. The maximum absolute atomic E-state index is 11.4. The van der Waals surface area contributed by atoms with Crippen molar-refractivity contribution >= 4 is 11.6 Å². The summed E-state index contributed by atoms with van der Waals surface area (Å²) in [7, 11) is 1.95. The molecule has 4 nitrogen and oxygen atoms in total. The van der Waals surface area contributed by atoms with E-state index in [2.05, 4.69) is 41.4 Å². The van der Waals surface area contributed by atoms with Gasteiger partial charge in [-0.3, -0.25) is 4.79 Å². The van der Waals surface area contributed by atoms with Gasteiger partial charge in [0.25, 0.3) is 0 Å². The number of amides is 1. The molecule has 4 heteroatoms. The first-order valence-electron chi connectivity index (χ1n) is 6.92. The van der Waals surface area contributed by atoms with Crippen LogP contribution in [0.3, 0.4) is 0 Å². The standard InChI is InChI=1S/C15H23N3O/c1-11-7-8-13(15(16)19)10-18(11)14-6-4-3-5-12(14)9-17-2/h3-6,11,13,17H,7-10H2,1-2H3,(H2,16,19). The zero-order valence-corrected chi connectivity index (χ0v) is 11.7. The predicted octanol–water partition coefficient (Wildman–Crippen LogP) is 1.50. The summed E-state index contributed by atoms with van der Waals surface area (Å²) in [5.74, 6) is -0.207. The van der Waals surface area contributed by atoms with E-state index in [0.29, 0.717) is 6.04 Å². The Morgan fingerprint density at radius 3 is 2.84 bits per heavy atom. The van der Waals surface area contributed by atoms with Gasteiger partial charge in [-0.25, -0.2) is 0 Å². The van der Waals surface area contributed by atoms with Gasteiger partial charge in [-0.15, -0.1) is 0 Å². The van der Waals surface area contributed by atoms with Crippen LogP contribution in [-0.2, 0) is 11.3 Å². The molecule has 0 aliphatic carbocycles. The van der Waals surface area contributed by atoms with Gasteiger partial charge >= 0.3 is 0 Å². The monoisotopic (exact) mass is 261 g/mol. The molecule has 19 heavy (non-hydrogen) atoms. The number of carbonyl (C=O) groups is 1. The first-order valence-corrected chi connectivity index (χ1v) is 6.92. The van der Waals surface area contributed by atoms with Crippen LogP contribution in [-0.4, -0.2) is 25.5 Å². The van der Waals surface area contributed by atoms with E-state index in [9.17, 15) is 4.79 Å². The molecule has 0 bridgehead atoms. The summed E-state index contributed by atoms with van der Waals surface area (Å²) in [6.07, 6.45) is 1.92. The molecule has 104 valence electrons. The van der Waals surface area contributed by atoms with E-state index in [1.807, 2.05) is 7.05 Å². The van der Waals surface area contributed by atoms with Crippen LogP contribution in [0.25, 0.3) is 0 Å². The summed E-state index contributed by atoms with van der Waals surface area (Å²) in [6, 6.07) is 8.82. The number of anilines is 1. The Balaban J connectivity index is 2.25. The molecule has 2 unspecified atom stereocenters. The molecule has 1 aromatic carbocycles. The fraction of sp³-hybridized carbons (Fsp3) is 0.533. The van der Waals surface area contributed by atoms with Crippen molar-refractivity contribution in [2.24, 2.45) is 11.7 Å². The molecule has 1 fully saturated rings. The quantitative estimate of drug-likeness (QED) is 0.863. The van der Waals surface area contributed by atoms with E-state index < -0.39 is 0 Å². The molecule has 1 aromatic rings. The predicted molar refractivity (Wildman–Crippen MR) is 77.9 cm³/mol. The van der Waals surface area contributed by atoms with Gasteiger partial charge in [0.2, 0.25) is 5.91 Å². The summed E-state index contributed by atoms with van der Waals surface area (Å²) < 4.78 is 0. The number of rotatable bonds is 4. The van der Waals surface area contributed by atoms with Crippen molar-refractivity contribution in [2.45, 2.75) is 32.4 Å². The third kappa shape index (κ3) is 3.07. The zero-order valence-electron chi connectivity index (χ0n) is 11.7. The summed E-state index contributed by atoms with van der Waals surface area (Å²) in [4.78, 5) is 13.8. The van der Waals surface area contributed by atoms with Crippen molar-refractivity contribution in [2.75, 3.05) is 18.5 Å². The molecule has 0 spiro atoms. The highest BCUT2D eigenvalue weighted by atomic mass is 16.1. The lowest BCUT2D eigenvalue weighted by Crippen LogP contribution is -2.46. The van der Waals surface area contributed by atoms with Crippen LogP contribution in [0.15, 0.2) is 24.3 Å². The maximum atomic E-state index is 11.4. The Labute approximate surface area is 115 Å². The van der Waals surface area contributed by atoms with Crippen molar-refractivity contribution in [1.82, 2.24) is 5.32 Å². The second-order valence-electron chi connectivity index (χ2n) is 5.34. The molecule has 1 aliphatic rings. The lowest BCUT2D eigenvalue weighted by atomic mass is 9.92. The number of primary amides is 1. The highest BCUT2D eigenvalue weighted by molar-refractivity contribution is 5.77. The van der Waals surface area contributed by atoms with Crippen LogP contribution < -0.4 is 16.0 Å². The molecule has 1 saturated heterocycles. The highest BCUT2D eigenvalue weighted by Gasteiger charge is 2.29. The van der Waals surface area contributed by atoms with Crippen LogP contribution >= 0.6 is 0 Å². The highest BCUT2D eigenvalue weighted by Crippen LogP contribution is 2.30. The largest absolute Gasteiger partial charge is 0.369 e. The van der Waals surface area contributed by atoms with Crippen LogP contribution in [0, 0.1) is 5.92 Å². The molecule has 1 amide bonds. The van der Waals surface area contributed by atoms with E-state index >= 15 is 0 Å². The first kappa shape index (κ1) is 13.9. The third-order valence-electron chi connectivity index (χ3n) is 3.95. The third-order valence-corrected chi connectivity index (χ3v) is 3.95. The van der Waals surface area contributed by atoms with Gasteiger partial charge in [-0.05, 0) is 38.4 Å². The Kier molecular flexibility index (Phi) is 4.43. The van der Waals surface area contributed by atoms with Crippen molar-refractivity contribution < 1.29 is 4.79 Å². The van der Waals surface area contributed by atoms with Gasteiger partial charge in [0, 0.05) is 24.8 Å². The number of piperidine rings is 1. The summed E-state index contributed by atoms with van der Waals surface area (Å²) in [5.41, 5.74) is 7.96. The van der Waals surface area contributed by atoms with Crippen molar-refractivity contribution in [1.29, 1.82) is 0 Å². The lowest BCUT2D eigenvalue weighted by molar-refractivity contribution is -0.122. The molecular formula is C15H23N3O. The summed E-state index contributed by atoms with van der Waals surface area (Å²) >= 11 is 0. The van der Waals surface area contributed by atoms with E-state index in [-0.39, 0.29) is 11.8 Å². The van der Waals surface area contributed by atoms with Gasteiger partial charge in [-0.1, -0.05) is 18.2 Å². The molecule has 1 aliphatic heterocycles. The minimum Gasteiger partial charge on any atom is -0.369 e. The Morgan fingerprint density at radius 2 is 2.16 bits per heavy atom. The van der Waals surface area contributed by atoms with Gasteiger partial charge in [0.15, 0.2) is 0 Å². The lowest BCUT2D eigenvalue weighted by Gasteiger charge is -2.39. The van der Waals surface area contributed by atoms with E-state index in [1.54, 1.807) is 0 Å². The molecule has 0 radical (unpaired) electrons. The van der Waals surface area contributed by atoms with Gasteiger partial charge < -0.3 is 16.0 Å². The second-order valence-corrected chi connectivity index (χ2v) is 5.34. The Bertz CT molecular complexity index is 447. The smallest absolute Gasteiger partial charge is 0.222 e. The Hall–Kier alpha value is -1.55. The number of para-hydroxylation sites is 1. The Morgan fingerprint density at radius 1 is 1.42 bits per heavy atom. The molecular weight excluding hydrogens is 238 g/mol. The van der Waals surface area contributed by atoms with Gasteiger partial charge in [-0.2, -0.15) is 0 Å². The van der Waals surface area contributed by atoms with Crippen LogP contribution in [0.5, 0.6) is 0 Å². The maximum Gasteiger partial charge on any atom is 0.222 e. The number of benzene rings is 1. The SMILES string of the molecule is CNCc1ccccc1N1CC(C(N)=O)CCC1C. The molecule has 1 heterocycles. The van der Waals surface area contributed by atoms with Gasteiger partial charge in [0.05, 0.1) is 5.92 Å². The fourth-order valence-corrected chi connectivity index (χ4v) is 2.81. The molecule has 0 aromatic heterocycles. The summed E-state index contributed by atoms with van der Waals surface area (Å²) in [5, 5.41) is 3.19. The van der Waals surface area contributed by atoms with Crippen LogP contribution in [0.4, 0.5) is 5.69 Å². The molecule has 2 rings (SSSR count). The number of hydrogen-bond donors (Lipinski definition) is 2. The second kappa shape index (κ2) is 6.06. The van der Waals surface area contributed by atoms with Crippen LogP contribution in [0.2, 0.25) is 0 Å². The van der Waals surface area contributed by atoms with Crippen molar-refractivity contribution in [3.63, 3.8) is 0 Å². The van der Waals surface area contributed by atoms with E-state index in [1.165, 1.54) is 11.3 Å². The molecule has 3 N–H and O–H groups in total. The first-order chi connectivity index (χ1) is 9.13. The number of carbonyl (C=O) groups excluding carboxylic acids is 1. The average molecular weight is 261 g/mol. The van der Waals surface area contributed by atoms with Crippen molar-refractivity contribution in [3.05, 3.63) is 29.8 Å². The number of hydrogen-bond acceptors (Lipinski definition) is 3. The topological polar surface area (TPSA) is 58.4 Å². The van der Waals surface area contributed by atoms with E-state index in [4.69, 9.17) is 5.73 Å². The van der Waals surface area contributed by atoms with Crippen molar-refractivity contribution in [3.8, 4) is 0 Å². The average Bonchev–Trinajstić information content (AvgIpc) is 2.40. The zero-order chi connectivity index (χ0) is 13.8. The van der Waals surface area contributed by atoms with E-state index in [0.717, 1.165) is 25.9 Å². The number of nitrogens with zero attached hydrogens (tertiary/aromatic N) is 1. The number of nitrogens with one attached hydrogen (secondary N) is 1. The fourth-order valence-electron chi connectivity index (χ4n) is 2.81. The molecule has 0 saturated carbocycles. The molecule has 2 atom stereocenters. The summed E-state index contributed by atoms with van der Waals surface area (Å²) in [6.45, 7) is 3.78.